The van der Waals surface area contributed by atoms with Gasteiger partial charge in [-0.1, -0.05) is 54.6 Å². The first-order valence-corrected chi connectivity index (χ1v) is 10.5. The number of carbonyl (C=O) groups excluding carboxylic acids is 1. The SMILES string of the molecule is CN(C(=O)CC/C=C/c1ccccc1[N+](=O)[O-])[C@H](CN1CCCC1)c1ccccc1.Cl. The average molecular weight is 444 g/mol. The second-order valence-corrected chi connectivity index (χ2v) is 7.70. The summed E-state index contributed by atoms with van der Waals surface area (Å²) < 4.78 is 0. The molecule has 0 unspecified atom stereocenters. The van der Waals surface area contributed by atoms with Crippen LogP contribution in [0.3, 0.4) is 0 Å². The van der Waals surface area contributed by atoms with Crippen LogP contribution in [0.15, 0.2) is 60.7 Å². The quantitative estimate of drug-likeness (QED) is 0.399. The molecule has 166 valence electrons. The van der Waals surface area contributed by atoms with Crippen LogP contribution in [0, 0.1) is 10.1 Å². The fourth-order valence-electron chi connectivity index (χ4n) is 3.90. The number of hydrogen-bond acceptors (Lipinski definition) is 4. The normalized spacial score (nSPS) is 14.9. The van der Waals surface area contributed by atoms with E-state index in [9.17, 15) is 14.9 Å². The van der Waals surface area contributed by atoms with Crippen molar-refractivity contribution in [3.63, 3.8) is 0 Å². The van der Waals surface area contributed by atoms with Gasteiger partial charge in [0.2, 0.25) is 5.91 Å². The summed E-state index contributed by atoms with van der Waals surface area (Å²) in [5.41, 5.74) is 1.78. The van der Waals surface area contributed by atoms with Crippen molar-refractivity contribution >= 4 is 30.1 Å². The molecule has 1 heterocycles. The number of halogens is 1. The molecule has 0 aliphatic carbocycles. The van der Waals surface area contributed by atoms with Gasteiger partial charge in [-0.3, -0.25) is 14.9 Å². The molecule has 1 saturated heterocycles. The van der Waals surface area contributed by atoms with Crippen LogP contribution in [0.4, 0.5) is 5.69 Å². The smallest absolute Gasteiger partial charge is 0.276 e. The number of carbonyl (C=O) groups is 1. The molecule has 0 aromatic heterocycles. The highest BCUT2D eigenvalue weighted by Gasteiger charge is 2.25. The highest BCUT2D eigenvalue weighted by molar-refractivity contribution is 5.85. The Morgan fingerprint density at radius 2 is 1.77 bits per heavy atom. The minimum atomic E-state index is -0.387. The van der Waals surface area contributed by atoms with Crippen molar-refractivity contribution in [3.05, 3.63) is 81.9 Å². The number of allylic oxidation sites excluding steroid dienone is 1. The molecule has 0 radical (unpaired) electrons. The molecule has 0 saturated carbocycles. The molecule has 2 aromatic carbocycles. The van der Waals surface area contributed by atoms with E-state index < -0.39 is 0 Å². The van der Waals surface area contributed by atoms with Crippen LogP contribution in [-0.2, 0) is 4.79 Å². The topological polar surface area (TPSA) is 66.7 Å². The van der Waals surface area contributed by atoms with Crippen molar-refractivity contribution in [2.45, 2.75) is 31.7 Å². The summed E-state index contributed by atoms with van der Waals surface area (Å²) in [5, 5.41) is 11.1. The van der Waals surface area contributed by atoms with Gasteiger partial charge in [-0.15, -0.1) is 12.4 Å². The first kappa shape index (κ1) is 24.6. The van der Waals surface area contributed by atoms with Crippen LogP contribution in [0.1, 0.15) is 42.9 Å². The molecule has 1 fully saturated rings. The minimum absolute atomic E-state index is 0. The van der Waals surface area contributed by atoms with Crippen molar-refractivity contribution in [3.8, 4) is 0 Å². The molecule has 0 bridgehead atoms. The summed E-state index contributed by atoms with van der Waals surface area (Å²) in [7, 11) is 1.88. The van der Waals surface area contributed by atoms with Crippen LogP contribution >= 0.6 is 12.4 Å². The van der Waals surface area contributed by atoms with Crippen LogP contribution in [0.25, 0.3) is 6.08 Å². The lowest BCUT2D eigenvalue weighted by molar-refractivity contribution is -0.385. The van der Waals surface area contributed by atoms with Gasteiger partial charge >= 0.3 is 0 Å². The Kier molecular flexibility index (Phi) is 9.69. The molecule has 31 heavy (non-hydrogen) atoms. The predicted octanol–water partition coefficient (Wildman–Crippen LogP) is 5.11. The zero-order chi connectivity index (χ0) is 21.3. The summed E-state index contributed by atoms with van der Waals surface area (Å²) >= 11 is 0. The standard InChI is InChI=1S/C24H29N3O3.ClH/c1-25(23(19-26-17-9-10-18-26)21-11-3-2-4-12-21)24(28)16-8-6-14-20-13-5-7-15-22(20)27(29)30;/h2-7,11-15,23H,8-10,16-19H2,1H3;1H/b14-6+;/t23-;/m1./s1. The van der Waals surface area contributed by atoms with E-state index >= 15 is 0 Å². The van der Waals surface area contributed by atoms with Gasteiger partial charge in [-0.25, -0.2) is 0 Å². The van der Waals surface area contributed by atoms with E-state index in [2.05, 4.69) is 17.0 Å². The lowest BCUT2D eigenvalue weighted by Crippen LogP contribution is -2.38. The third-order valence-corrected chi connectivity index (χ3v) is 5.63. The number of nitro benzene ring substituents is 1. The number of benzene rings is 2. The Bertz CT molecular complexity index is 883. The van der Waals surface area contributed by atoms with Gasteiger partial charge in [0.1, 0.15) is 0 Å². The summed E-state index contributed by atoms with van der Waals surface area (Å²) in [6.45, 7) is 3.02. The number of nitrogens with zero attached hydrogens (tertiary/aromatic N) is 3. The maximum Gasteiger partial charge on any atom is 0.276 e. The predicted molar refractivity (Wildman–Crippen MR) is 126 cm³/mol. The van der Waals surface area contributed by atoms with E-state index in [0.29, 0.717) is 18.4 Å². The minimum Gasteiger partial charge on any atom is -0.337 e. The molecule has 1 amide bonds. The third-order valence-electron chi connectivity index (χ3n) is 5.63. The molecule has 1 aliphatic heterocycles. The number of likely N-dealkylation sites (N-methyl/N-ethyl adjacent to an activating group) is 1. The highest BCUT2D eigenvalue weighted by atomic mass is 35.5. The fourth-order valence-corrected chi connectivity index (χ4v) is 3.90. The van der Waals surface area contributed by atoms with Gasteiger partial charge in [-0.05, 0) is 44.0 Å². The molecule has 2 aromatic rings. The zero-order valence-electron chi connectivity index (χ0n) is 17.9. The Morgan fingerprint density at radius 3 is 2.45 bits per heavy atom. The van der Waals surface area contributed by atoms with Gasteiger partial charge in [-0.2, -0.15) is 0 Å². The van der Waals surface area contributed by atoms with Crippen LogP contribution in [0.5, 0.6) is 0 Å². The fraction of sp³-hybridized carbons (Fsp3) is 0.375. The van der Waals surface area contributed by atoms with Gasteiger partial charge < -0.3 is 9.80 Å². The molecule has 1 aliphatic rings. The Balaban J connectivity index is 0.00000341. The number of para-hydroxylation sites is 1. The van der Waals surface area contributed by atoms with Gasteiger partial charge in [0.05, 0.1) is 16.5 Å². The number of rotatable bonds is 9. The van der Waals surface area contributed by atoms with E-state index in [1.165, 1.54) is 18.9 Å². The maximum atomic E-state index is 12.9. The molecule has 6 nitrogen and oxygen atoms in total. The van der Waals surface area contributed by atoms with E-state index in [1.807, 2.05) is 36.2 Å². The highest BCUT2D eigenvalue weighted by Crippen LogP contribution is 2.24. The summed E-state index contributed by atoms with van der Waals surface area (Å²) in [4.78, 5) is 27.9. The summed E-state index contributed by atoms with van der Waals surface area (Å²) in [5.74, 6) is 0.0789. The Hall–Kier alpha value is -2.70. The Morgan fingerprint density at radius 1 is 1.13 bits per heavy atom. The molecular formula is C24H30ClN3O3. The lowest BCUT2D eigenvalue weighted by atomic mass is 10.0. The second-order valence-electron chi connectivity index (χ2n) is 7.70. The Labute approximate surface area is 190 Å². The molecule has 0 N–H and O–H groups in total. The van der Waals surface area contributed by atoms with Crippen molar-refractivity contribution in [2.24, 2.45) is 0 Å². The van der Waals surface area contributed by atoms with Crippen LogP contribution in [-0.4, -0.2) is 47.3 Å². The first-order valence-electron chi connectivity index (χ1n) is 10.5. The van der Waals surface area contributed by atoms with E-state index in [0.717, 1.165) is 25.2 Å². The van der Waals surface area contributed by atoms with Crippen LogP contribution < -0.4 is 0 Å². The molecule has 1 atom stereocenters. The number of nitro groups is 1. The number of hydrogen-bond donors (Lipinski definition) is 0. The first-order chi connectivity index (χ1) is 14.6. The molecule has 7 heteroatoms. The number of amides is 1. The van der Waals surface area contributed by atoms with Crippen LogP contribution in [0.2, 0.25) is 0 Å². The van der Waals surface area contributed by atoms with E-state index in [-0.39, 0.29) is 35.0 Å². The lowest BCUT2D eigenvalue weighted by Gasteiger charge is -2.32. The molecule has 3 rings (SSSR count). The largest absolute Gasteiger partial charge is 0.337 e. The van der Waals surface area contributed by atoms with Crippen molar-refractivity contribution in [2.75, 3.05) is 26.7 Å². The van der Waals surface area contributed by atoms with Crippen molar-refractivity contribution in [1.29, 1.82) is 0 Å². The summed E-state index contributed by atoms with van der Waals surface area (Å²) in [6, 6.07) is 16.8. The third kappa shape index (κ3) is 6.91. The second kappa shape index (κ2) is 12.2. The summed E-state index contributed by atoms with van der Waals surface area (Å²) in [6.07, 6.45) is 6.92. The van der Waals surface area contributed by atoms with Gasteiger partial charge in [0.15, 0.2) is 0 Å². The van der Waals surface area contributed by atoms with E-state index in [1.54, 1.807) is 24.3 Å². The average Bonchev–Trinajstić information content (AvgIpc) is 3.28. The van der Waals surface area contributed by atoms with Gasteiger partial charge in [0.25, 0.3) is 5.69 Å². The molecular weight excluding hydrogens is 414 g/mol. The molecule has 0 spiro atoms. The zero-order valence-corrected chi connectivity index (χ0v) is 18.7. The van der Waals surface area contributed by atoms with Gasteiger partial charge in [0, 0.05) is 26.1 Å². The van der Waals surface area contributed by atoms with Crippen molar-refractivity contribution in [1.82, 2.24) is 9.80 Å². The monoisotopic (exact) mass is 443 g/mol. The number of likely N-dealkylation sites (tertiary alicyclic amines) is 1. The van der Waals surface area contributed by atoms with E-state index in [4.69, 9.17) is 0 Å². The maximum absolute atomic E-state index is 12.9. The van der Waals surface area contributed by atoms with Crippen molar-refractivity contribution < 1.29 is 9.72 Å².